The van der Waals surface area contributed by atoms with Crippen molar-refractivity contribution in [3.8, 4) is 0 Å². The van der Waals surface area contributed by atoms with Gasteiger partial charge in [0.15, 0.2) is 0 Å². The molecule has 0 aromatic heterocycles. The molecule has 18 heavy (non-hydrogen) atoms. The van der Waals surface area contributed by atoms with Crippen molar-refractivity contribution >= 4 is 23.8 Å². The number of guanidine groups is 1. The maximum absolute atomic E-state index is 11.0. The minimum absolute atomic E-state index is 0.148. The third-order valence-electron chi connectivity index (χ3n) is 2.23. The van der Waals surface area contributed by atoms with Crippen LogP contribution in [0.4, 0.5) is 4.79 Å². The first-order valence-electron chi connectivity index (χ1n) is 5.60. The van der Waals surface area contributed by atoms with Gasteiger partial charge in [0, 0.05) is 4.90 Å². The van der Waals surface area contributed by atoms with Gasteiger partial charge in [0.05, 0.1) is 17.8 Å². The van der Waals surface area contributed by atoms with Crippen molar-refractivity contribution in [2.45, 2.75) is 18.2 Å². The van der Waals surface area contributed by atoms with Crippen LogP contribution in [0.2, 0.25) is 0 Å². The lowest BCUT2D eigenvalue weighted by molar-refractivity contribution is 0.182. The number of benzene rings is 1. The third-order valence-corrected chi connectivity index (χ3v) is 3.43. The smallest absolute Gasteiger partial charge is 0.436 e. The minimum Gasteiger partial charge on any atom is -0.451 e. The molecule has 94 valence electrons. The number of rotatable bonds is 3. The van der Waals surface area contributed by atoms with Crippen molar-refractivity contribution in [2.24, 2.45) is 15.0 Å². The molecule has 0 N–H and O–H groups in total. The predicted molar refractivity (Wildman–Crippen MR) is 69.6 cm³/mol. The fourth-order valence-corrected chi connectivity index (χ4v) is 2.21. The summed E-state index contributed by atoms with van der Waals surface area (Å²) in [6, 6.07) is 5.84. The van der Waals surface area contributed by atoms with Crippen LogP contribution in [0.3, 0.4) is 0 Å². The Morgan fingerprint density at radius 2 is 2.17 bits per heavy atom. The molecule has 0 fully saturated rings. The summed E-state index contributed by atoms with van der Waals surface area (Å²) < 4.78 is 4.44. The molecule has 1 heterocycles. The fraction of sp³-hybridized carbons (Fsp3) is 0.333. The summed E-state index contributed by atoms with van der Waals surface area (Å²) in [5, 5.41) is 1.48. The van der Waals surface area contributed by atoms with E-state index in [9.17, 15) is 4.79 Å². The zero-order chi connectivity index (χ0) is 13.0. The zero-order valence-corrected chi connectivity index (χ0v) is 11.0. The molecule has 0 saturated heterocycles. The first kappa shape index (κ1) is 12.8. The van der Waals surface area contributed by atoms with Crippen LogP contribution in [0.25, 0.3) is 0 Å². The predicted octanol–water partition coefficient (Wildman–Crippen LogP) is 1.56. The highest BCUT2D eigenvalue weighted by molar-refractivity contribution is 7.99. The number of aliphatic imine (C=N–C) groups is 1. The summed E-state index contributed by atoms with van der Waals surface area (Å²) in [5.74, 6) is 1.22. The second-order valence-electron chi connectivity index (χ2n) is 3.60. The highest BCUT2D eigenvalue weighted by Crippen LogP contribution is 2.15. The molecule has 1 amide bonds. The Balaban J connectivity index is 2.28. The summed E-state index contributed by atoms with van der Waals surface area (Å²) in [4.78, 5) is 24.1. The fourth-order valence-electron chi connectivity index (χ4n) is 1.41. The van der Waals surface area contributed by atoms with Crippen molar-refractivity contribution in [3.63, 3.8) is 0 Å². The number of amides is 1. The van der Waals surface area contributed by atoms with Gasteiger partial charge in [-0.15, -0.1) is 16.8 Å². The SMILES string of the molecule is CCCSc1ccc2c(c1)=NC(=NC(=O)OC)N=2. The number of ether oxygens (including phenoxy) is 1. The highest BCUT2D eigenvalue weighted by Gasteiger charge is 2.07. The van der Waals surface area contributed by atoms with E-state index in [1.54, 1.807) is 11.8 Å². The molecule has 1 aliphatic heterocycles. The van der Waals surface area contributed by atoms with Crippen LogP contribution in [0, 0.1) is 0 Å². The van der Waals surface area contributed by atoms with Gasteiger partial charge in [-0.3, -0.25) is 0 Å². The van der Waals surface area contributed by atoms with Crippen LogP contribution < -0.4 is 10.7 Å². The lowest BCUT2D eigenvalue weighted by Gasteiger charge is -1.96. The van der Waals surface area contributed by atoms with E-state index in [0.717, 1.165) is 27.8 Å². The third kappa shape index (κ3) is 2.95. The molecule has 2 rings (SSSR count). The van der Waals surface area contributed by atoms with Gasteiger partial charge >= 0.3 is 6.09 Å². The number of methoxy groups -OCH3 is 1. The molecule has 0 bridgehead atoms. The summed E-state index contributed by atoms with van der Waals surface area (Å²) in [7, 11) is 1.27. The molecule has 0 saturated carbocycles. The first-order valence-corrected chi connectivity index (χ1v) is 6.58. The molecule has 1 aromatic carbocycles. The number of thioether (sulfide) groups is 1. The highest BCUT2D eigenvalue weighted by atomic mass is 32.2. The normalized spacial score (nSPS) is 14.9. The molecule has 0 radical (unpaired) electrons. The number of fused-ring (bicyclic) bond motifs is 1. The van der Waals surface area contributed by atoms with Gasteiger partial charge in [0.2, 0.25) is 0 Å². The Hall–Kier alpha value is -1.69. The van der Waals surface area contributed by atoms with E-state index >= 15 is 0 Å². The molecule has 1 aliphatic rings. The van der Waals surface area contributed by atoms with Gasteiger partial charge in [0.25, 0.3) is 5.96 Å². The Labute approximate surface area is 109 Å². The van der Waals surface area contributed by atoms with Crippen molar-refractivity contribution in [3.05, 3.63) is 28.9 Å². The maximum Gasteiger partial charge on any atom is 0.436 e. The molecular formula is C12H13N3O2S. The minimum atomic E-state index is -0.689. The molecular weight excluding hydrogens is 250 g/mol. The number of carbonyl (C=O) groups is 1. The van der Waals surface area contributed by atoms with Gasteiger partial charge in [-0.25, -0.2) is 14.8 Å². The number of hydrogen-bond acceptors (Lipinski definition) is 3. The van der Waals surface area contributed by atoms with Crippen LogP contribution in [0.5, 0.6) is 0 Å². The van der Waals surface area contributed by atoms with Gasteiger partial charge in [-0.05, 0) is 30.4 Å². The monoisotopic (exact) mass is 263 g/mol. The van der Waals surface area contributed by atoms with E-state index in [1.165, 1.54) is 7.11 Å². The van der Waals surface area contributed by atoms with Crippen LogP contribution in [0.15, 0.2) is 38.1 Å². The average Bonchev–Trinajstić information content (AvgIpc) is 2.77. The van der Waals surface area contributed by atoms with Crippen molar-refractivity contribution < 1.29 is 9.53 Å². The van der Waals surface area contributed by atoms with E-state index in [4.69, 9.17) is 0 Å². The topological polar surface area (TPSA) is 63.4 Å². The number of nitrogens with zero attached hydrogens (tertiary/aromatic N) is 3. The second-order valence-corrected chi connectivity index (χ2v) is 4.77. The lowest BCUT2D eigenvalue weighted by atomic mass is 10.3. The molecule has 0 aliphatic carbocycles. The molecule has 5 nitrogen and oxygen atoms in total. The largest absolute Gasteiger partial charge is 0.451 e. The Bertz CT molecular complexity index is 610. The van der Waals surface area contributed by atoms with E-state index in [-0.39, 0.29) is 5.96 Å². The van der Waals surface area contributed by atoms with Crippen molar-refractivity contribution in [2.75, 3.05) is 12.9 Å². The van der Waals surface area contributed by atoms with Crippen molar-refractivity contribution in [1.29, 1.82) is 0 Å². The van der Waals surface area contributed by atoms with Crippen LogP contribution in [-0.2, 0) is 4.74 Å². The zero-order valence-electron chi connectivity index (χ0n) is 10.2. The molecule has 0 unspecified atom stereocenters. The lowest BCUT2D eigenvalue weighted by Crippen LogP contribution is -2.20. The summed E-state index contributed by atoms with van der Waals surface area (Å²) in [5.41, 5.74) is 0. The maximum atomic E-state index is 11.0. The second kappa shape index (κ2) is 5.77. The Morgan fingerprint density at radius 1 is 1.39 bits per heavy atom. The number of hydrogen-bond donors (Lipinski definition) is 0. The molecule has 6 heteroatoms. The van der Waals surface area contributed by atoms with Crippen LogP contribution >= 0.6 is 11.8 Å². The van der Waals surface area contributed by atoms with Crippen LogP contribution in [-0.4, -0.2) is 24.9 Å². The quantitative estimate of drug-likeness (QED) is 0.777. The van der Waals surface area contributed by atoms with E-state index in [2.05, 4.69) is 26.6 Å². The Morgan fingerprint density at radius 3 is 2.89 bits per heavy atom. The Kier molecular flexibility index (Phi) is 4.09. The summed E-state index contributed by atoms with van der Waals surface area (Å²) in [6.45, 7) is 2.14. The summed E-state index contributed by atoms with van der Waals surface area (Å²) >= 11 is 1.77. The number of carbonyl (C=O) groups excluding carboxylic acids is 1. The summed E-state index contributed by atoms with van der Waals surface area (Å²) in [6.07, 6.45) is 0.434. The first-order chi connectivity index (χ1) is 8.72. The van der Waals surface area contributed by atoms with Gasteiger partial charge in [-0.2, -0.15) is 0 Å². The van der Waals surface area contributed by atoms with Gasteiger partial charge in [0.1, 0.15) is 0 Å². The van der Waals surface area contributed by atoms with E-state index in [1.807, 2.05) is 18.2 Å². The average molecular weight is 263 g/mol. The van der Waals surface area contributed by atoms with Crippen LogP contribution in [0.1, 0.15) is 13.3 Å². The van der Waals surface area contributed by atoms with Crippen molar-refractivity contribution in [1.82, 2.24) is 0 Å². The van der Waals surface area contributed by atoms with E-state index < -0.39 is 6.09 Å². The molecule has 0 atom stereocenters. The molecule has 1 aromatic rings. The van der Waals surface area contributed by atoms with Gasteiger partial charge < -0.3 is 4.74 Å². The van der Waals surface area contributed by atoms with E-state index in [0.29, 0.717) is 0 Å². The van der Waals surface area contributed by atoms with Gasteiger partial charge in [-0.1, -0.05) is 6.92 Å². The standard InChI is InChI=1S/C12H13N3O2S/c1-3-6-18-8-4-5-9-10(7-8)14-11(13-9)15-12(16)17-2/h4-5,7H,3,6H2,1-2H3. The molecule has 0 spiro atoms.